The van der Waals surface area contributed by atoms with Gasteiger partial charge in [-0.05, 0) is 355 Å². The average Bonchev–Trinajstić information content (AvgIpc) is 0.758. The average molecular weight is 2080 g/mol. The first-order valence-electron chi connectivity index (χ1n) is 52.4. The largest absolute Gasteiger partial charge is 0.483 e. The number of esters is 5. The van der Waals surface area contributed by atoms with E-state index in [9.17, 15) is 65.6 Å². The third-order valence-electron chi connectivity index (χ3n) is 25.3. The normalized spacial score (nSPS) is 21.2. The summed E-state index contributed by atoms with van der Waals surface area (Å²) >= 11 is 0. The van der Waals surface area contributed by atoms with Gasteiger partial charge in [-0.25, -0.2) is 9.13 Å². The Hall–Kier alpha value is -8.20. The molecule has 0 saturated carbocycles. The van der Waals surface area contributed by atoms with Crippen molar-refractivity contribution in [3.05, 3.63) is 198 Å². The second-order valence-corrected chi connectivity index (χ2v) is 43.4. The van der Waals surface area contributed by atoms with Gasteiger partial charge in [0, 0.05) is 41.5 Å². The van der Waals surface area contributed by atoms with Gasteiger partial charge in [-0.2, -0.15) is 17.5 Å². The summed E-state index contributed by atoms with van der Waals surface area (Å²) < 4.78 is 129. The molecule has 0 aromatic carbocycles. The molecule has 2 aliphatic rings. The van der Waals surface area contributed by atoms with Crippen molar-refractivity contribution in [1.82, 2.24) is 10.6 Å². The third kappa shape index (κ3) is 66.1. The van der Waals surface area contributed by atoms with Crippen molar-refractivity contribution in [3.63, 3.8) is 0 Å². The summed E-state index contributed by atoms with van der Waals surface area (Å²) in [6, 6.07) is -4.44. The Morgan fingerprint density at radius 3 is 0.814 bits per heavy atom. The molecule has 145 heavy (non-hydrogen) atoms. The molecule has 0 bridgehead atoms. The zero-order valence-electron chi connectivity index (χ0n) is 92.6. The van der Waals surface area contributed by atoms with E-state index in [1.165, 1.54) is 106 Å². The number of hydrogen-bond acceptors (Lipinski definition) is 20. The van der Waals surface area contributed by atoms with Crippen molar-refractivity contribution in [2.75, 3.05) is 19.8 Å². The summed E-state index contributed by atoms with van der Waals surface area (Å²) in [6.07, 6.45) is 54.4. The lowest BCUT2D eigenvalue weighted by Crippen LogP contribution is -2.71. The van der Waals surface area contributed by atoms with Gasteiger partial charge in [0.25, 0.3) is 0 Å². The van der Waals surface area contributed by atoms with E-state index in [-0.39, 0.29) is 12.3 Å². The van der Waals surface area contributed by atoms with Crippen LogP contribution in [0.4, 0.5) is 13.2 Å². The maximum absolute atomic E-state index is 14.2. The highest BCUT2D eigenvalue weighted by molar-refractivity contribution is 7.61. The predicted molar refractivity (Wildman–Crippen MR) is 576 cm³/mol. The number of phosphoric acid groups is 2. The number of allylic oxidation sites excluding steroid dienone is 34. The van der Waals surface area contributed by atoms with Crippen LogP contribution in [-0.4, -0.2) is 139 Å². The molecule has 2 saturated heterocycles. The van der Waals surface area contributed by atoms with Crippen LogP contribution in [0.15, 0.2) is 198 Å². The second kappa shape index (κ2) is 73.8. The van der Waals surface area contributed by atoms with Crippen LogP contribution in [0, 0.1) is 5.92 Å². The molecule has 13 atom stereocenters. The lowest BCUT2D eigenvalue weighted by molar-refractivity contribution is -0.328. The standard InChI is InChI=1S/C116H183F3N2O22P2/c1-81(2)43-26-44-82(3)45-27-46-83(4)47-28-48-84(5)49-29-50-85(6)51-30-52-86(7)53-31-54-87(8)55-32-56-88(9)57-33-58-89(10)59-34-60-90(11)61-35-62-91(12)63-36-64-92(13)65-37-66-93(14)67-38-68-94(15)69-39-70-95(16)71-40-72-96(17)73-41-74-97(18)75-42-76-98(19)77-78-135-144(129,130)143-145(131,132)142-114-108(121-115(128)116(117,118)119)112(138-104(25)127)110(106(140-114)80-134-101(22)124)141-113-107(120-99(20)122)111(137-103(24)126)109(136-102(23)125)105(139-113)79-133-100(21)123/h43,45,47,49,51,53,55,57,59,61,63,65,67,69,71,73,75,98,105-114H,26-42,44,46,48,50,52,54,56,58,60,62,64,66,68,70,72,74,76-80H2,1-25H3,(H,120,122)(H,121,128)(H,129,130)(H,131,132)/b82-45+,83-47+,84-49-,85-51-,86-53-,87-55-,88-57-,89-59-,90-61-,91-63-,92-65-,93-67-,94-69-,95-71-,96-73-,97-75-/t98-,105+,106+,107+,108+,109+,110+,111+,112+,113-,114+/m0/s1. The number of carbonyl (C=O) groups is 7. The van der Waals surface area contributed by atoms with Gasteiger partial charge >= 0.3 is 57.6 Å². The molecule has 2 heterocycles. The van der Waals surface area contributed by atoms with Crippen molar-refractivity contribution < 1.29 is 117 Å². The number of rotatable bonds is 70. The third-order valence-corrected chi connectivity index (χ3v) is 28.0. The molecule has 29 heteroatoms. The summed E-state index contributed by atoms with van der Waals surface area (Å²) in [4.78, 5) is 110. The van der Waals surface area contributed by atoms with Crippen LogP contribution >= 0.6 is 15.6 Å². The summed E-state index contributed by atoms with van der Waals surface area (Å²) in [5.74, 6) is -9.16. The summed E-state index contributed by atoms with van der Waals surface area (Å²) in [7, 11) is -11.8. The maximum atomic E-state index is 14.2. The fourth-order valence-electron chi connectivity index (χ4n) is 16.6. The molecule has 2 unspecified atom stereocenters. The fourth-order valence-corrected chi connectivity index (χ4v) is 18.8. The number of alkyl halides is 3. The Balaban J connectivity index is 1.76. The summed E-state index contributed by atoms with van der Waals surface area (Å²) in [5, 5.41) is 3.83. The van der Waals surface area contributed by atoms with Crippen LogP contribution in [0.25, 0.3) is 0 Å². The van der Waals surface area contributed by atoms with E-state index < -0.39 is 145 Å². The molecule has 4 N–H and O–H groups in total. The summed E-state index contributed by atoms with van der Waals surface area (Å²) in [5.41, 5.74) is 24.6. The Kier molecular flexibility index (Phi) is 67.7. The van der Waals surface area contributed by atoms with Crippen LogP contribution < -0.4 is 10.6 Å². The zero-order chi connectivity index (χ0) is 109. The second-order valence-electron chi connectivity index (χ2n) is 40.4. The molecule has 0 aromatic rings. The number of hydrogen-bond donors (Lipinski definition) is 4. The van der Waals surface area contributed by atoms with Crippen LogP contribution in [0.2, 0.25) is 0 Å². The molecule has 0 aliphatic carbocycles. The first-order valence-corrected chi connectivity index (χ1v) is 55.4. The maximum Gasteiger partial charge on any atom is 0.483 e. The Morgan fingerprint density at radius 1 is 0.317 bits per heavy atom. The number of amides is 2. The van der Waals surface area contributed by atoms with E-state index in [1.54, 1.807) is 0 Å². The highest BCUT2D eigenvalue weighted by Crippen LogP contribution is 2.62. The van der Waals surface area contributed by atoms with Gasteiger partial charge in [0.1, 0.15) is 43.6 Å². The topological polar surface area (TPSA) is 320 Å². The van der Waals surface area contributed by atoms with E-state index in [0.29, 0.717) is 12.8 Å². The monoisotopic (exact) mass is 2080 g/mol. The van der Waals surface area contributed by atoms with Gasteiger partial charge in [-0.15, -0.1) is 0 Å². The van der Waals surface area contributed by atoms with E-state index >= 15 is 0 Å². The number of nitrogens with one attached hydrogen (secondary N) is 2. The molecule has 2 rings (SSSR count). The van der Waals surface area contributed by atoms with Crippen LogP contribution in [0.5, 0.6) is 0 Å². The first-order chi connectivity index (χ1) is 68.2. The van der Waals surface area contributed by atoms with Gasteiger partial charge in [0.2, 0.25) is 5.91 Å². The molecule has 820 valence electrons. The SMILES string of the molecule is CC(=O)N[C@H]1[C@H](O[C@H]2[C@H](OC(C)=O)[C@@H](NC(=O)C(F)(F)F)[C@@H](OP(=O)(O)OP(=O)(O)OCC[C@@H](C)CC/C=C(/C)CC/C=C(/C)CC/C=C(/C)CC/C=C(/C)CC/C=C(/C)CC/C=C(/C)CC/C=C(/C)CC/C=C(/C)CC/C=C(/C)CC/C=C(/C)CC/C=C(/C)CC/C=C(/C)CC/C=C(/C)CC/C=C(/C)CC/C=C(\C)CC/C=C(\C)CCC=C(C)C)O[C@@H]2COC(C)=O)O[C@H](COC(C)=O)[C@@H](OC(C)=O)[C@@H]1OC(C)=O. The fraction of sp³-hybridized carbons (Fsp3) is 0.647. The minimum Gasteiger partial charge on any atom is -0.463 e. The van der Waals surface area contributed by atoms with Crippen molar-refractivity contribution >= 4 is 57.3 Å². The molecule has 24 nitrogen and oxygen atoms in total. The van der Waals surface area contributed by atoms with Crippen molar-refractivity contribution in [2.24, 2.45) is 5.92 Å². The Labute approximate surface area is 869 Å². The van der Waals surface area contributed by atoms with Crippen LogP contribution in [-0.2, 0) is 93.9 Å². The van der Waals surface area contributed by atoms with E-state index in [4.69, 9.17) is 46.9 Å². The van der Waals surface area contributed by atoms with Crippen molar-refractivity contribution in [2.45, 2.75) is 465 Å². The van der Waals surface area contributed by atoms with E-state index in [2.05, 4.69) is 231 Å². The highest BCUT2D eigenvalue weighted by Gasteiger charge is 2.59. The molecular formula is C116H183F3N2O22P2. The van der Waals surface area contributed by atoms with Crippen molar-refractivity contribution in [3.8, 4) is 0 Å². The molecular weight excluding hydrogens is 1890 g/mol. The minimum atomic E-state index is -6.13. The lowest BCUT2D eigenvalue weighted by atomic mass is 9.94. The Bertz CT molecular complexity index is 4690. The number of ether oxygens (including phenoxy) is 8. The zero-order valence-corrected chi connectivity index (χ0v) is 94.4. The van der Waals surface area contributed by atoms with E-state index in [1.807, 2.05) is 13.8 Å². The number of halogens is 3. The predicted octanol–water partition coefficient (Wildman–Crippen LogP) is 29.9. The molecule has 2 aliphatic heterocycles. The minimum absolute atomic E-state index is 0.126. The van der Waals surface area contributed by atoms with Gasteiger partial charge in [0.15, 0.2) is 30.9 Å². The number of phosphoric ester groups is 2. The molecule has 2 amide bonds. The quantitative estimate of drug-likeness (QED) is 0.0190. The number of carbonyl (C=O) groups excluding carboxylic acids is 7. The lowest BCUT2D eigenvalue weighted by Gasteiger charge is -2.49. The molecule has 2 fully saturated rings. The first kappa shape index (κ1) is 133. The summed E-state index contributed by atoms with van der Waals surface area (Å²) in [6.45, 7) is 45.4. The van der Waals surface area contributed by atoms with Gasteiger partial charge in [-0.1, -0.05) is 205 Å². The highest BCUT2D eigenvalue weighted by atomic mass is 31.3. The van der Waals surface area contributed by atoms with Crippen LogP contribution in [0.1, 0.15) is 398 Å². The van der Waals surface area contributed by atoms with Gasteiger partial charge in [0.05, 0.1) is 6.61 Å². The van der Waals surface area contributed by atoms with E-state index in [0.717, 1.165) is 241 Å². The van der Waals surface area contributed by atoms with Gasteiger partial charge in [-0.3, -0.25) is 42.6 Å². The smallest absolute Gasteiger partial charge is 0.463 e. The molecule has 0 spiro atoms. The Morgan fingerprint density at radius 2 is 0.559 bits per heavy atom. The van der Waals surface area contributed by atoms with Crippen LogP contribution in [0.3, 0.4) is 0 Å². The van der Waals surface area contributed by atoms with Gasteiger partial charge < -0.3 is 58.3 Å². The van der Waals surface area contributed by atoms with Crippen molar-refractivity contribution in [1.29, 1.82) is 0 Å². The molecule has 0 aromatic heterocycles. The molecule has 0 radical (unpaired) electrons.